The summed E-state index contributed by atoms with van der Waals surface area (Å²) in [5.41, 5.74) is 7.46. The van der Waals surface area contributed by atoms with Gasteiger partial charge in [0, 0.05) is 32.4 Å². The Morgan fingerprint density at radius 2 is 1.81 bits per heavy atom. The maximum absolute atomic E-state index is 13.4. The zero-order valence-corrected chi connectivity index (χ0v) is 20.5. The number of benzene rings is 2. The van der Waals surface area contributed by atoms with Crippen molar-refractivity contribution in [3.05, 3.63) is 94.5 Å². The number of nitrogens with one attached hydrogen (secondary N) is 1. The Morgan fingerprint density at radius 1 is 1.08 bits per heavy atom. The third-order valence-electron chi connectivity index (χ3n) is 5.71. The molecular weight excluding hydrogens is 509 g/mol. The molecule has 9 nitrogen and oxygen atoms in total. The SMILES string of the molecule is NCc1cccc(CNC(=O)C2N(C(=O)c3ccc(Cl)nc3)CCN2S(=O)(=O)c2ccc(F)cc2)c1. The zero-order valence-electron chi connectivity index (χ0n) is 19.0. The molecule has 1 unspecified atom stereocenters. The van der Waals surface area contributed by atoms with E-state index >= 15 is 0 Å². The summed E-state index contributed by atoms with van der Waals surface area (Å²) in [6, 6.07) is 14.4. The lowest BCUT2D eigenvalue weighted by atomic mass is 10.1. The Bertz CT molecular complexity index is 1370. The largest absolute Gasteiger partial charge is 0.349 e. The maximum atomic E-state index is 13.4. The van der Waals surface area contributed by atoms with Gasteiger partial charge in [-0.1, -0.05) is 35.9 Å². The van der Waals surface area contributed by atoms with Gasteiger partial charge in [-0.2, -0.15) is 4.31 Å². The van der Waals surface area contributed by atoms with Crippen LogP contribution in [0.4, 0.5) is 4.39 Å². The van der Waals surface area contributed by atoms with Gasteiger partial charge in [-0.3, -0.25) is 9.59 Å². The van der Waals surface area contributed by atoms with Crippen molar-refractivity contribution in [2.75, 3.05) is 13.1 Å². The fourth-order valence-electron chi connectivity index (χ4n) is 3.90. The van der Waals surface area contributed by atoms with Crippen LogP contribution < -0.4 is 11.1 Å². The summed E-state index contributed by atoms with van der Waals surface area (Å²) >= 11 is 5.82. The molecule has 1 aliphatic heterocycles. The normalized spacial score (nSPS) is 16.2. The summed E-state index contributed by atoms with van der Waals surface area (Å²) in [7, 11) is -4.24. The van der Waals surface area contributed by atoms with Gasteiger partial charge < -0.3 is 16.0 Å². The Labute approximate surface area is 212 Å². The van der Waals surface area contributed by atoms with Crippen molar-refractivity contribution < 1.29 is 22.4 Å². The van der Waals surface area contributed by atoms with Gasteiger partial charge in [0.15, 0.2) is 6.17 Å². The Balaban J connectivity index is 1.65. The number of rotatable bonds is 7. The highest BCUT2D eigenvalue weighted by molar-refractivity contribution is 7.89. The number of pyridine rings is 1. The monoisotopic (exact) mass is 531 g/mol. The van der Waals surface area contributed by atoms with Crippen LogP contribution in [0.15, 0.2) is 71.8 Å². The summed E-state index contributed by atoms with van der Waals surface area (Å²) < 4.78 is 41.2. The predicted molar refractivity (Wildman–Crippen MR) is 131 cm³/mol. The van der Waals surface area contributed by atoms with Crippen LogP contribution in [0.2, 0.25) is 5.15 Å². The van der Waals surface area contributed by atoms with E-state index < -0.39 is 33.8 Å². The van der Waals surface area contributed by atoms with E-state index in [1.807, 2.05) is 12.1 Å². The number of hydrogen-bond acceptors (Lipinski definition) is 6. The van der Waals surface area contributed by atoms with Crippen molar-refractivity contribution in [2.45, 2.75) is 24.2 Å². The van der Waals surface area contributed by atoms with Gasteiger partial charge >= 0.3 is 0 Å². The van der Waals surface area contributed by atoms with Crippen LogP contribution in [0.1, 0.15) is 21.5 Å². The van der Waals surface area contributed by atoms with E-state index in [2.05, 4.69) is 10.3 Å². The molecule has 36 heavy (non-hydrogen) atoms. The molecule has 0 aliphatic carbocycles. The van der Waals surface area contributed by atoms with Crippen LogP contribution in [0.5, 0.6) is 0 Å². The number of sulfonamides is 1. The third-order valence-corrected chi connectivity index (χ3v) is 7.80. The van der Waals surface area contributed by atoms with Crippen LogP contribution >= 0.6 is 11.6 Å². The van der Waals surface area contributed by atoms with E-state index in [0.717, 1.165) is 44.6 Å². The number of aromatic nitrogens is 1. The van der Waals surface area contributed by atoms with Crippen molar-refractivity contribution in [3.63, 3.8) is 0 Å². The lowest BCUT2D eigenvalue weighted by Crippen LogP contribution is -2.53. The Morgan fingerprint density at radius 3 is 2.47 bits per heavy atom. The first-order chi connectivity index (χ1) is 17.2. The first kappa shape index (κ1) is 25.7. The van der Waals surface area contributed by atoms with Crippen LogP contribution in [-0.2, 0) is 27.9 Å². The number of nitrogens with zero attached hydrogens (tertiary/aromatic N) is 3. The van der Waals surface area contributed by atoms with Crippen LogP contribution in [0, 0.1) is 5.82 Å². The second-order valence-corrected chi connectivity index (χ2v) is 10.3. The molecule has 4 rings (SSSR count). The highest BCUT2D eigenvalue weighted by Gasteiger charge is 2.46. The number of amides is 2. The average molecular weight is 532 g/mol. The molecule has 3 N–H and O–H groups in total. The lowest BCUT2D eigenvalue weighted by Gasteiger charge is -2.28. The summed E-state index contributed by atoms with van der Waals surface area (Å²) in [6.45, 7) is 0.249. The second kappa shape index (κ2) is 10.7. The fraction of sp³-hybridized carbons (Fsp3) is 0.208. The predicted octanol–water partition coefficient (Wildman–Crippen LogP) is 2.12. The first-order valence-electron chi connectivity index (χ1n) is 11.0. The van der Waals surface area contributed by atoms with Crippen molar-refractivity contribution >= 4 is 33.4 Å². The first-order valence-corrected chi connectivity index (χ1v) is 12.8. The summed E-state index contributed by atoms with van der Waals surface area (Å²) in [5, 5.41) is 2.91. The summed E-state index contributed by atoms with van der Waals surface area (Å²) in [6.07, 6.45) is -0.212. The number of carbonyl (C=O) groups excluding carboxylic acids is 2. The molecule has 0 radical (unpaired) electrons. The molecule has 12 heteroatoms. The number of halogens is 2. The number of carbonyl (C=O) groups is 2. The topological polar surface area (TPSA) is 126 Å². The summed E-state index contributed by atoms with van der Waals surface area (Å²) in [5.74, 6) is -1.87. The molecule has 1 aliphatic rings. The molecule has 0 bridgehead atoms. The molecule has 2 amide bonds. The smallest absolute Gasteiger partial charge is 0.259 e. The van der Waals surface area contributed by atoms with E-state index in [-0.39, 0.29) is 35.2 Å². The van der Waals surface area contributed by atoms with Crippen molar-refractivity contribution in [2.24, 2.45) is 5.73 Å². The highest BCUT2D eigenvalue weighted by Crippen LogP contribution is 2.26. The van der Waals surface area contributed by atoms with Gasteiger partial charge in [-0.05, 0) is 47.5 Å². The van der Waals surface area contributed by atoms with Gasteiger partial charge in [0.25, 0.3) is 11.8 Å². The molecule has 2 heterocycles. The minimum atomic E-state index is -4.24. The third kappa shape index (κ3) is 5.39. The standard InChI is InChI=1S/C24H23ClFN5O4S/c25-21-9-4-18(15-28-21)24(33)30-10-11-31(36(34,35)20-7-5-19(26)6-8-20)23(30)22(32)29-14-17-3-1-2-16(12-17)13-27/h1-9,12,15,23H,10-11,13-14,27H2,(H,29,32). The van der Waals surface area contributed by atoms with Crippen molar-refractivity contribution in [1.82, 2.24) is 19.5 Å². The quantitative estimate of drug-likeness (QED) is 0.450. The van der Waals surface area contributed by atoms with Gasteiger partial charge in [-0.25, -0.2) is 17.8 Å². The van der Waals surface area contributed by atoms with Crippen LogP contribution in [-0.4, -0.2) is 53.7 Å². The van der Waals surface area contributed by atoms with Crippen LogP contribution in [0.25, 0.3) is 0 Å². The Hall–Kier alpha value is -3.38. The second-order valence-electron chi connectivity index (χ2n) is 8.05. The molecule has 0 spiro atoms. The van der Waals surface area contributed by atoms with Gasteiger partial charge in [0.05, 0.1) is 10.5 Å². The molecule has 1 atom stereocenters. The number of nitrogens with two attached hydrogens (primary N) is 1. The van der Waals surface area contributed by atoms with E-state index in [9.17, 15) is 22.4 Å². The molecular formula is C24H23ClFN5O4S. The fourth-order valence-corrected chi connectivity index (χ4v) is 5.56. The lowest BCUT2D eigenvalue weighted by molar-refractivity contribution is -0.127. The average Bonchev–Trinajstić information content (AvgIpc) is 3.34. The molecule has 188 valence electrons. The Kier molecular flexibility index (Phi) is 7.65. The van der Waals surface area contributed by atoms with E-state index in [4.69, 9.17) is 17.3 Å². The molecule has 1 aromatic heterocycles. The van der Waals surface area contributed by atoms with E-state index in [1.165, 1.54) is 18.3 Å². The van der Waals surface area contributed by atoms with Gasteiger partial charge in [0.2, 0.25) is 10.0 Å². The van der Waals surface area contributed by atoms with Crippen molar-refractivity contribution in [1.29, 1.82) is 0 Å². The molecule has 1 fully saturated rings. The van der Waals surface area contributed by atoms with Gasteiger partial charge in [-0.15, -0.1) is 0 Å². The summed E-state index contributed by atoms with van der Waals surface area (Å²) in [4.78, 5) is 31.5. The van der Waals surface area contributed by atoms with E-state index in [0.29, 0.717) is 6.54 Å². The molecule has 0 saturated carbocycles. The van der Waals surface area contributed by atoms with E-state index in [1.54, 1.807) is 12.1 Å². The zero-order chi connectivity index (χ0) is 25.9. The highest BCUT2D eigenvalue weighted by atomic mass is 35.5. The van der Waals surface area contributed by atoms with Crippen LogP contribution in [0.3, 0.4) is 0 Å². The molecule has 2 aromatic carbocycles. The minimum Gasteiger partial charge on any atom is -0.349 e. The number of hydrogen-bond donors (Lipinski definition) is 2. The maximum Gasteiger partial charge on any atom is 0.259 e. The molecule has 1 saturated heterocycles. The van der Waals surface area contributed by atoms with Crippen molar-refractivity contribution in [3.8, 4) is 0 Å². The minimum absolute atomic E-state index is 0.0391. The molecule has 3 aromatic rings. The van der Waals surface area contributed by atoms with Gasteiger partial charge in [0.1, 0.15) is 11.0 Å².